The Balaban J connectivity index is 2.14. The number of piperazine rings is 1. The predicted molar refractivity (Wildman–Crippen MR) is 153 cm³/mol. The van der Waals surface area contributed by atoms with Crippen molar-refractivity contribution in [2.24, 2.45) is 5.73 Å². The van der Waals surface area contributed by atoms with Crippen LogP contribution in [-0.2, 0) is 21.7 Å². The van der Waals surface area contributed by atoms with Crippen LogP contribution in [0.5, 0.6) is 0 Å². The van der Waals surface area contributed by atoms with Crippen molar-refractivity contribution in [2.45, 2.75) is 90.2 Å². The van der Waals surface area contributed by atoms with Gasteiger partial charge in [-0.05, 0) is 53.5 Å². The number of aromatic nitrogens is 2. The van der Waals surface area contributed by atoms with Gasteiger partial charge in [0.15, 0.2) is 11.5 Å². The summed E-state index contributed by atoms with van der Waals surface area (Å²) >= 11 is 0. The van der Waals surface area contributed by atoms with Gasteiger partial charge >= 0.3 is 12.1 Å². The third-order valence-corrected chi connectivity index (χ3v) is 7.06. The Labute approximate surface area is 236 Å². The molecule has 0 bridgehead atoms. The van der Waals surface area contributed by atoms with Gasteiger partial charge in [-0.25, -0.2) is 14.6 Å². The third-order valence-electron chi connectivity index (χ3n) is 7.06. The first-order valence-electron chi connectivity index (χ1n) is 13.6. The standard InChI is InChI=1S/C28H44N8O4/c1-8-19(32-25(39)40-17-18-12-10-9-11-13-18)21-28(22(29)37,20-16-31-23(30)33-20)36(24(38)34-26(2,3)4)15-14-35(21)27(5,6)7/h9-13,16,19,21H,8,14-15,17H2,1-7H3,(H2,29,37)(H,32,39)(H,34,38)(H3,30,31,33)/t19?,21?,28-/m0/s1. The van der Waals surface area contributed by atoms with Crippen LogP contribution in [0.1, 0.15) is 66.1 Å². The highest BCUT2D eigenvalue weighted by molar-refractivity contribution is 5.92. The number of carbonyl (C=O) groups is 3. The monoisotopic (exact) mass is 556 g/mol. The summed E-state index contributed by atoms with van der Waals surface area (Å²) in [6.07, 6.45) is 1.19. The molecule has 1 fully saturated rings. The van der Waals surface area contributed by atoms with Crippen LogP contribution in [0.15, 0.2) is 36.5 Å². The zero-order chi connectivity index (χ0) is 29.9. The Bertz CT molecular complexity index is 1190. The number of nitrogen functional groups attached to an aromatic ring is 1. The van der Waals surface area contributed by atoms with E-state index in [-0.39, 0.29) is 24.8 Å². The number of urea groups is 1. The van der Waals surface area contributed by atoms with E-state index in [1.165, 1.54) is 11.1 Å². The molecule has 2 unspecified atom stereocenters. The lowest BCUT2D eigenvalue weighted by Crippen LogP contribution is -2.79. The number of ether oxygens (including phenoxy) is 1. The van der Waals surface area contributed by atoms with Gasteiger partial charge in [0.2, 0.25) is 0 Å². The first kappa shape index (κ1) is 30.7. The maximum Gasteiger partial charge on any atom is 0.407 e. The molecule has 1 aromatic carbocycles. The molecule has 7 N–H and O–H groups in total. The number of aromatic amines is 1. The number of nitrogens with one attached hydrogen (secondary N) is 3. The number of alkyl carbamates (subject to hydrolysis) is 1. The second-order valence-electron chi connectivity index (χ2n) is 12.2. The maximum absolute atomic E-state index is 13.8. The fourth-order valence-corrected chi connectivity index (χ4v) is 5.39. The third kappa shape index (κ3) is 6.49. The molecule has 3 rings (SSSR count). The second kappa shape index (κ2) is 11.7. The summed E-state index contributed by atoms with van der Waals surface area (Å²) in [5.41, 5.74) is 10.5. The lowest BCUT2D eigenvalue weighted by molar-refractivity contribution is -0.146. The predicted octanol–water partition coefficient (Wildman–Crippen LogP) is 2.67. The Morgan fingerprint density at radius 3 is 2.30 bits per heavy atom. The molecule has 1 aliphatic rings. The van der Waals surface area contributed by atoms with Crippen LogP contribution in [-0.4, -0.2) is 74.1 Å². The molecule has 1 saturated heterocycles. The van der Waals surface area contributed by atoms with E-state index in [9.17, 15) is 14.4 Å². The van der Waals surface area contributed by atoms with Gasteiger partial charge in [0, 0.05) is 24.2 Å². The quantitative estimate of drug-likeness (QED) is 0.349. The molecular formula is C28H44N8O4. The van der Waals surface area contributed by atoms with E-state index in [4.69, 9.17) is 16.2 Å². The second-order valence-corrected chi connectivity index (χ2v) is 12.2. The zero-order valence-electron chi connectivity index (χ0n) is 24.6. The number of anilines is 1. The van der Waals surface area contributed by atoms with E-state index >= 15 is 0 Å². The molecule has 0 radical (unpaired) electrons. The van der Waals surface area contributed by atoms with Crippen LogP contribution < -0.4 is 22.1 Å². The lowest BCUT2D eigenvalue weighted by Gasteiger charge is -2.59. The fraction of sp³-hybridized carbons (Fsp3) is 0.571. The number of primary amides is 1. The molecule has 2 heterocycles. The zero-order valence-corrected chi connectivity index (χ0v) is 24.6. The molecule has 12 nitrogen and oxygen atoms in total. The van der Waals surface area contributed by atoms with Gasteiger partial charge < -0.3 is 36.7 Å². The van der Waals surface area contributed by atoms with Gasteiger partial charge in [-0.2, -0.15) is 0 Å². The van der Waals surface area contributed by atoms with Crippen LogP contribution in [0.4, 0.5) is 15.5 Å². The van der Waals surface area contributed by atoms with Gasteiger partial charge in [0.1, 0.15) is 6.61 Å². The summed E-state index contributed by atoms with van der Waals surface area (Å²) in [6.45, 7) is 14.2. The van der Waals surface area contributed by atoms with Crippen LogP contribution in [0.25, 0.3) is 0 Å². The number of nitrogens with zero attached hydrogens (tertiary/aromatic N) is 3. The minimum absolute atomic E-state index is 0.0710. The molecule has 2 aromatic rings. The van der Waals surface area contributed by atoms with E-state index in [1.807, 2.05) is 78.8 Å². The van der Waals surface area contributed by atoms with E-state index < -0.39 is 46.7 Å². The Hall–Kier alpha value is -3.80. The summed E-state index contributed by atoms with van der Waals surface area (Å²) in [6, 6.07) is 7.39. The van der Waals surface area contributed by atoms with Crippen molar-refractivity contribution in [3.63, 3.8) is 0 Å². The van der Waals surface area contributed by atoms with E-state index in [0.717, 1.165) is 5.56 Å². The first-order chi connectivity index (χ1) is 18.6. The highest BCUT2D eigenvalue weighted by Crippen LogP contribution is 2.42. The summed E-state index contributed by atoms with van der Waals surface area (Å²) < 4.78 is 5.53. The number of hydrogen-bond acceptors (Lipinski definition) is 7. The average molecular weight is 557 g/mol. The van der Waals surface area contributed by atoms with Crippen LogP contribution in [0.2, 0.25) is 0 Å². The molecule has 3 atom stereocenters. The van der Waals surface area contributed by atoms with Crippen molar-refractivity contribution in [3.8, 4) is 0 Å². The Morgan fingerprint density at radius 1 is 1.15 bits per heavy atom. The molecule has 12 heteroatoms. The highest BCUT2D eigenvalue weighted by Gasteiger charge is 2.62. The summed E-state index contributed by atoms with van der Waals surface area (Å²) in [5, 5.41) is 5.94. The van der Waals surface area contributed by atoms with Crippen LogP contribution >= 0.6 is 0 Å². The number of hydrogen-bond donors (Lipinski definition) is 5. The molecule has 1 aliphatic heterocycles. The SMILES string of the molecule is CCC(NC(=O)OCc1ccccc1)C1N(C(C)(C)C)CCN(C(=O)NC(C)(C)C)[C@@]1(C(N)=O)c1cnc(N)[nH]1. The molecule has 0 spiro atoms. The number of H-pyrrole nitrogens is 1. The van der Waals surface area contributed by atoms with Crippen LogP contribution in [0, 0.1) is 0 Å². The van der Waals surface area contributed by atoms with Crippen molar-refractivity contribution in [3.05, 3.63) is 47.8 Å². The molecule has 220 valence electrons. The van der Waals surface area contributed by atoms with Crippen molar-refractivity contribution in [1.82, 2.24) is 30.4 Å². The summed E-state index contributed by atoms with van der Waals surface area (Å²) in [7, 11) is 0. The summed E-state index contributed by atoms with van der Waals surface area (Å²) in [4.78, 5) is 51.4. The number of amides is 4. The normalized spacial score (nSPS) is 21.0. The smallest absolute Gasteiger partial charge is 0.407 e. The number of benzene rings is 1. The minimum atomic E-state index is -1.77. The van der Waals surface area contributed by atoms with E-state index in [1.54, 1.807) is 0 Å². The highest BCUT2D eigenvalue weighted by atomic mass is 16.5. The Morgan fingerprint density at radius 2 is 1.80 bits per heavy atom. The van der Waals surface area contributed by atoms with Gasteiger partial charge in [-0.3, -0.25) is 9.69 Å². The summed E-state index contributed by atoms with van der Waals surface area (Å²) in [5.74, 6) is -0.709. The molecule has 40 heavy (non-hydrogen) atoms. The number of carbonyl (C=O) groups excluding carboxylic acids is 3. The van der Waals surface area contributed by atoms with Crippen molar-refractivity contribution >= 4 is 24.0 Å². The average Bonchev–Trinajstić information content (AvgIpc) is 3.30. The lowest BCUT2D eigenvalue weighted by atomic mass is 9.74. The molecule has 1 aromatic heterocycles. The number of nitrogens with two attached hydrogens (primary N) is 2. The number of rotatable bonds is 7. The van der Waals surface area contributed by atoms with E-state index in [2.05, 4.69) is 25.5 Å². The van der Waals surface area contributed by atoms with Crippen molar-refractivity contribution in [1.29, 1.82) is 0 Å². The maximum atomic E-state index is 13.8. The Kier molecular flexibility index (Phi) is 9.03. The largest absolute Gasteiger partial charge is 0.445 e. The first-order valence-corrected chi connectivity index (χ1v) is 13.6. The fourth-order valence-electron chi connectivity index (χ4n) is 5.39. The van der Waals surface area contributed by atoms with Gasteiger partial charge in [0.05, 0.1) is 24.0 Å². The van der Waals surface area contributed by atoms with Gasteiger partial charge in [-0.1, -0.05) is 37.3 Å². The molecule has 0 saturated carbocycles. The van der Waals surface area contributed by atoms with Crippen molar-refractivity contribution < 1.29 is 19.1 Å². The molecule has 4 amide bonds. The van der Waals surface area contributed by atoms with Crippen LogP contribution in [0.3, 0.4) is 0 Å². The van der Waals surface area contributed by atoms with Crippen molar-refractivity contribution in [2.75, 3.05) is 18.8 Å². The topological polar surface area (TPSA) is 172 Å². The van der Waals surface area contributed by atoms with E-state index in [0.29, 0.717) is 13.0 Å². The van der Waals surface area contributed by atoms with Gasteiger partial charge in [-0.15, -0.1) is 0 Å². The molecule has 0 aliphatic carbocycles. The minimum Gasteiger partial charge on any atom is -0.445 e. The number of imidazole rings is 1. The molecular weight excluding hydrogens is 512 g/mol. The van der Waals surface area contributed by atoms with Gasteiger partial charge in [0.25, 0.3) is 5.91 Å².